The van der Waals surface area contributed by atoms with Crippen LogP contribution < -0.4 is 5.32 Å². The minimum absolute atomic E-state index is 0.144. The lowest BCUT2D eigenvalue weighted by molar-refractivity contribution is -0.127. The van der Waals surface area contributed by atoms with Crippen LogP contribution in [0.5, 0.6) is 0 Å². The number of hydrogen-bond acceptors (Lipinski definition) is 2. The maximum atomic E-state index is 10.8. The minimum atomic E-state index is 0.144. The van der Waals surface area contributed by atoms with Crippen LogP contribution in [0.4, 0.5) is 0 Å². The lowest BCUT2D eigenvalue weighted by Gasteiger charge is -2.14. The van der Waals surface area contributed by atoms with Gasteiger partial charge in [-0.3, -0.25) is 4.79 Å². The molecule has 0 saturated carbocycles. The maximum absolute atomic E-state index is 10.8. The highest BCUT2D eigenvalue weighted by molar-refractivity contribution is 5.72. The molecule has 0 heterocycles. The van der Waals surface area contributed by atoms with Crippen LogP contribution in [-0.2, 0) is 4.79 Å². The summed E-state index contributed by atoms with van der Waals surface area (Å²) in [5.41, 5.74) is 0. The molecule has 0 unspecified atom stereocenters. The fourth-order valence-electron chi connectivity index (χ4n) is 0.900. The average molecular weight is 172 g/mol. The zero-order chi connectivity index (χ0) is 9.40. The Morgan fingerprint density at radius 1 is 1.42 bits per heavy atom. The van der Waals surface area contributed by atoms with E-state index >= 15 is 0 Å². The van der Waals surface area contributed by atoms with Crippen LogP contribution in [0.15, 0.2) is 0 Å². The molecule has 1 N–H and O–H groups in total. The number of amides is 1. The summed E-state index contributed by atoms with van der Waals surface area (Å²) in [7, 11) is 1.84. The number of hydrogen-bond donors (Lipinski definition) is 1. The predicted octanol–water partition coefficient (Wildman–Crippen LogP) is 0.854. The smallest absolute Gasteiger partial charge is 0.219 e. The summed E-state index contributed by atoms with van der Waals surface area (Å²) in [6.07, 6.45) is 2.21. The van der Waals surface area contributed by atoms with Crippen LogP contribution in [0.1, 0.15) is 26.7 Å². The number of nitrogens with one attached hydrogen (secondary N) is 1. The van der Waals surface area contributed by atoms with Crippen molar-refractivity contribution in [1.82, 2.24) is 10.2 Å². The molecule has 0 aliphatic heterocycles. The molecule has 3 nitrogen and oxygen atoms in total. The standard InChI is InChI=1S/C9H20N2O/c1-4-6-10-7-5-8-11(3)9(2)12/h10H,4-8H2,1-3H3. The molecule has 0 aromatic rings. The van der Waals surface area contributed by atoms with Crippen molar-refractivity contribution in [2.45, 2.75) is 26.7 Å². The van der Waals surface area contributed by atoms with E-state index in [1.165, 1.54) is 6.42 Å². The molecule has 0 radical (unpaired) electrons. The minimum Gasteiger partial charge on any atom is -0.346 e. The van der Waals surface area contributed by atoms with Crippen LogP contribution in [0.25, 0.3) is 0 Å². The summed E-state index contributed by atoms with van der Waals surface area (Å²) in [6, 6.07) is 0. The van der Waals surface area contributed by atoms with Gasteiger partial charge in [0.2, 0.25) is 5.91 Å². The second-order valence-electron chi connectivity index (χ2n) is 3.04. The van der Waals surface area contributed by atoms with Crippen molar-refractivity contribution >= 4 is 5.91 Å². The Balaban J connectivity index is 3.14. The normalized spacial score (nSPS) is 9.92. The first-order valence-corrected chi connectivity index (χ1v) is 4.61. The highest BCUT2D eigenvalue weighted by Gasteiger charge is 1.99. The van der Waals surface area contributed by atoms with Crippen LogP contribution >= 0.6 is 0 Å². The molecule has 72 valence electrons. The van der Waals surface area contributed by atoms with Gasteiger partial charge in [0.25, 0.3) is 0 Å². The summed E-state index contributed by atoms with van der Waals surface area (Å²) in [5.74, 6) is 0.144. The molecule has 0 bridgehead atoms. The Labute approximate surface area is 75.1 Å². The number of rotatable bonds is 6. The van der Waals surface area contributed by atoms with Crippen molar-refractivity contribution in [1.29, 1.82) is 0 Å². The van der Waals surface area contributed by atoms with Crippen LogP contribution in [0, 0.1) is 0 Å². The molecule has 0 fully saturated rings. The topological polar surface area (TPSA) is 32.3 Å². The zero-order valence-corrected chi connectivity index (χ0v) is 8.39. The Bertz CT molecular complexity index is 126. The second kappa shape index (κ2) is 7.10. The lowest BCUT2D eigenvalue weighted by atomic mass is 10.3. The summed E-state index contributed by atoms with van der Waals surface area (Å²) in [6.45, 7) is 6.68. The van der Waals surface area contributed by atoms with Gasteiger partial charge in [0.05, 0.1) is 0 Å². The van der Waals surface area contributed by atoms with Gasteiger partial charge >= 0.3 is 0 Å². The van der Waals surface area contributed by atoms with Crippen molar-refractivity contribution in [3.63, 3.8) is 0 Å². The summed E-state index contributed by atoms with van der Waals surface area (Å²) in [5, 5.41) is 3.29. The molecule has 0 aliphatic rings. The Morgan fingerprint density at radius 2 is 2.08 bits per heavy atom. The maximum Gasteiger partial charge on any atom is 0.219 e. The molecule has 0 aliphatic carbocycles. The lowest BCUT2D eigenvalue weighted by Crippen LogP contribution is -2.27. The fourth-order valence-corrected chi connectivity index (χ4v) is 0.900. The summed E-state index contributed by atoms with van der Waals surface area (Å²) >= 11 is 0. The first-order valence-electron chi connectivity index (χ1n) is 4.61. The predicted molar refractivity (Wildman–Crippen MR) is 51.1 cm³/mol. The number of carbonyl (C=O) groups is 1. The first-order chi connectivity index (χ1) is 5.68. The van der Waals surface area contributed by atoms with Gasteiger partial charge in [-0.25, -0.2) is 0 Å². The molecule has 0 saturated heterocycles. The van der Waals surface area contributed by atoms with Gasteiger partial charge in [0.15, 0.2) is 0 Å². The molecule has 12 heavy (non-hydrogen) atoms. The Morgan fingerprint density at radius 3 is 2.58 bits per heavy atom. The monoisotopic (exact) mass is 172 g/mol. The zero-order valence-electron chi connectivity index (χ0n) is 8.39. The highest BCUT2D eigenvalue weighted by Crippen LogP contribution is 1.86. The van der Waals surface area contributed by atoms with Gasteiger partial charge in [0, 0.05) is 20.5 Å². The SMILES string of the molecule is CCCNCCCN(C)C(C)=O. The van der Waals surface area contributed by atoms with Crippen molar-refractivity contribution < 1.29 is 4.79 Å². The van der Waals surface area contributed by atoms with Crippen molar-refractivity contribution in [3.8, 4) is 0 Å². The molecular weight excluding hydrogens is 152 g/mol. The summed E-state index contributed by atoms with van der Waals surface area (Å²) < 4.78 is 0. The third-order valence-electron chi connectivity index (χ3n) is 1.81. The van der Waals surface area contributed by atoms with Gasteiger partial charge < -0.3 is 10.2 Å². The Hall–Kier alpha value is -0.570. The van der Waals surface area contributed by atoms with Crippen molar-refractivity contribution in [3.05, 3.63) is 0 Å². The van der Waals surface area contributed by atoms with E-state index in [1.807, 2.05) is 7.05 Å². The summed E-state index contributed by atoms with van der Waals surface area (Å²) in [4.78, 5) is 12.5. The third-order valence-corrected chi connectivity index (χ3v) is 1.81. The van der Waals surface area contributed by atoms with Gasteiger partial charge in [0.1, 0.15) is 0 Å². The van der Waals surface area contributed by atoms with E-state index in [9.17, 15) is 4.79 Å². The van der Waals surface area contributed by atoms with E-state index in [4.69, 9.17) is 0 Å². The van der Waals surface area contributed by atoms with Gasteiger partial charge in [-0.1, -0.05) is 6.92 Å². The molecule has 0 spiro atoms. The third kappa shape index (κ3) is 6.16. The van der Waals surface area contributed by atoms with Gasteiger partial charge in [-0.2, -0.15) is 0 Å². The number of carbonyl (C=O) groups excluding carboxylic acids is 1. The molecular formula is C9H20N2O. The molecule has 0 atom stereocenters. The molecule has 0 aromatic heterocycles. The first kappa shape index (κ1) is 11.4. The van der Waals surface area contributed by atoms with Crippen molar-refractivity contribution in [2.75, 3.05) is 26.7 Å². The van der Waals surface area contributed by atoms with Crippen LogP contribution in [-0.4, -0.2) is 37.5 Å². The van der Waals surface area contributed by atoms with E-state index in [-0.39, 0.29) is 5.91 Å². The van der Waals surface area contributed by atoms with E-state index in [0.29, 0.717) is 0 Å². The Kier molecular flexibility index (Phi) is 6.76. The molecule has 0 rings (SSSR count). The van der Waals surface area contributed by atoms with Crippen molar-refractivity contribution in [2.24, 2.45) is 0 Å². The van der Waals surface area contributed by atoms with E-state index in [0.717, 1.165) is 26.1 Å². The molecule has 1 amide bonds. The van der Waals surface area contributed by atoms with E-state index in [2.05, 4.69) is 12.2 Å². The van der Waals surface area contributed by atoms with Gasteiger partial charge in [-0.05, 0) is 25.9 Å². The largest absolute Gasteiger partial charge is 0.346 e. The average Bonchev–Trinajstić information content (AvgIpc) is 2.03. The highest BCUT2D eigenvalue weighted by atomic mass is 16.2. The number of nitrogens with zero attached hydrogens (tertiary/aromatic N) is 1. The second-order valence-corrected chi connectivity index (χ2v) is 3.04. The van der Waals surface area contributed by atoms with E-state index in [1.54, 1.807) is 11.8 Å². The van der Waals surface area contributed by atoms with Crippen LogP contribution in [0.3, 0.4) is 0 Å². The van der Waals surface area contributed by atoms with E-state index < -0.39 is 0 Å². The fraction of sp³-hybridized carbons (Fsp3) is 0.889. The molecule has 0 aromatic carbocycles. The molecule has 3 heteroatoms. The van der Waals surface area contributed by atoms with Crippen LogP contribution in [0.2, 0.25) is 0 Å². The quantitative estimate of drug-likeness (QED) is 0.603. The van der Waals surface area contributed by atoms with Gasteiger partial charge in [-0.15, -0.1) is 0 Å².